The molecule has 4 aromatic rings. The van der Waals surface area contributed by atoms with E-state index in [1.807, 2.05) is 35.0 Å². The average molecular weight is 862 g/mol. The quantitative estimate of drug-likeness (QED) is 0.206. The van der Waals surface area contributed by atoms with Crippen molar-refractivity contribution < 1.29 is 43.0 Å². The van der Waals surface area contributed by atoms with Gasteiger partial charge >= 0.3 is 0 Å². The molecule has 6 heterocycles. The van der Waals surface area contributed by atoms with Crippen molar-refractivity contribution in [3.8, 4) is 28.4 Å². The van der Waals surface area contributed by atoms with Crippen molar-refractivity contribution >= 4 is 46.2 Å². The van der Waals surface area contributed by atoms with Crippen LogP contribution in [0.2, 0.25) is 0 Å². The number of piperidine rings is 3. The molecule has 1 unspecified atom stereocenters. The molecule has 3 saturated heterocycles. The number of pyridine rings is 2. The lowest BCUT2D eigenvalue weighted by atomic mass is 9.79. The number of methoxy groups -OCH3 is 2. The molecule has 1 N–H and O–H groups in total. The number of likely N-dealkylation sites (tertiary alicyclic amines) is 2. The summed E-state index contributed by atoms with van der Waals surface area (Å²) in [5.41, 5.74) is 2.42. The molecule has 0 saturated carbocycles. The van der Waals surface area contributed by atoms with Crippen LogP contribution in [0, 0.1) is 11.8 Å². The van der Waals surface area contributed by atoms with Crippen LogP contribution in [0.3, 0.4) is 0 Å². The number of hydrogen-bond donors (Lipinski definition) is 1. The molecule has 6 amide bonds. The molecule has 17 heteroatoms. The maximum absolute atomic E-state index is 13.6. The van der Waals surface area contributed by atoms with Gasteiger partial charge in [0.1, 0.15) is 23.3 Å². The lowest BCUT2D eigenvalue weighted by Crippen LogP contribution is -2.54. The van der Waals surface area contributed by atoms with Gasteiger partial charge in [-0.05, 0) is 92.3 Å². The number of aromatic nitrogens is 2. The molecule has 0 bridgehead atoms. The molecule has 4 aliphatic heterocycles. The molecule has 0 aliphatic carbocycles. The molecule has 0 spiro atoms. The van der Waals surface area contributed by atoms with E-state index in [0.717, 1.165) is 52.7 Å². The number of carbonyl (C=O) groups is 6. The predicted molar refractivity (Wildman–Crippen MR) is 229 cm³/mol. The first kappa shape index (κ1) is 43.0. The van der Waals surface area contributed by atoms with Gasteiger partial charge in [0.2, 0.25) is 17.7 Å². The normalized spacial score (nSPS) is 18.6. The molecule has 17 nitrogen and oxygen atoms in total. The molecular formula is C46H51N7O10. The van der Waals surface area contributed by atoms with Gasteiger partial charge < -0.3 is 28.6 Å². The summed E-state index contributed by atoms with van der Waals surface area (Å²) in [4.78, 5) is 101. The van der Waals surface area contributed by atoms with Gasteiger partial charge in [0.05, 0.1) is 42.8 Å². The van der Waals surface area contributed by atoms with Crippen LogP contribution in [-0.4, -0.2) is 131 Å². The molecule has 2 aromatic carbocycles. The number of imide groups is 2. The van der Waals surface area contributed by atoms with Gasteiger partial charge in [0.25, 0.3) is 23.3 Å². The van der Waals surface area contributed by atoms with Crippen molar-refractivity contribution in [1.29, 1.82) is 0 Å². The molecule has 330 valence electrons. The van der Waals surface area contributed by atoms with E-state index in [-0.39, 0.29) is 60.2 Å². The maximum atomic E-state index is 13.6. The highest BCUT2D eigenvalue weighted by Gasteiger charge is 2.46. The number of hydrogen-bond acceptors (Lipinski definition) is 12. The Morgan fingerprint density at radius 3 is 2.10 bits per heavy atom. The largest absolute Gasteiger partial charge is 0.496 e. The molecule has 63 heavy (non-hydrogen) atoms. The van der Waals surface area contributed by atoms with Gasteiger partial charge in [-0.25, -0.2) is 0 Å². The molecule has 1 atom stereocenters. The minimum Gasteiger partial charge on any atom is -0.496 e. The summed E-state index contributed by atoms with van der Waals surface area (Å²) >= 11 is 0. The Hall–Kier alpha value is -6.62. The van der Waals surface area contributed by atoms with Crippen LogP contribution in [0.5, 0.6) is 17.2 Å². The second kappa shape index (κ2) is 18.0. The number of ether oxygens (including phenoxy) is 3. The molecular weight excluding hydrogens is 811 g/mol. The Morgan fingerprint density at radius 1 is 0.810 bits per heavy atom. The van der Waals surface area contributed by atoms with Gasteiger partial charge in [-0.3, -0.25) is 53.7 Å². The molecule has 8 rings (SSSR count). The zero-order chi connectivity index (χ0) is 44.5. The minimum atomic E-state index is -1.10. The first-order valence-corrected chi connectivity index (χ1v) is 21.3. The number of nitrogens with zero attached hydrogens (tertiary/aromatic N) is 6. The zero-order valence-corrected chi connectivity index (χ0v) is 35.9. The van der Waals surface area contributed by atoms with Crippen LogP contribution in [-0.2, 0) is 32.8 Å². The summed E-state index contributed by atoms with van der Waals surface area (Å²) in [6.07, 6.45) is 8.53. The SMILES string of the molecule is COc1cc(-c2cn(C)c(=O)c3cnccc23)cc(OC)c1CN(C)CC(=O)N1CCC(C2CCN(C(=O)COc3cccc4c3C(=O)N(C3CCC(=O)NC3=O)C4=O)CC2)CC1. The third-order valence-corrected chi connectivity index (χ3v) is 13.0. The number of amides is 6. The molecule has 3 fully saturated rings. The average Bonchev–Trinajstić information content (AvgIpc) is 3.55. The van der Waals surface area contributed by atoms with E-state index in [1.165, 1.54) is 16.7 Å². The summed E-state index contributed by atoms with van der Waals surface area (Å²) in [5.74, 6) is -0.486. The standard InChI is InChI=1S/C46H51N7O10/c1-49(23-34-37(61-3)20-29(21-38(34)62-4)33-24-50(2)44(58)32-22-47-15-10-30(32)33)25-40(55)51-16-11-27(12-17-51)28-13-18-52(19-14-28)41(56)26-63-36-7-5-6-31-42(36)46(60)53(45(31)59)35-8-9-39(54)48-43(35)57/h5-7,10,15,20-22,24,27-28,35H,8-9,11-14,16-19,23,25-26H2,1-4H3,(H,48,54,57). The van der Waals surface area contributed by atoms with Crippen LogP contribution in [0.15, 0.2) is 59.8 Å². The first-order chi connectivity index (χ1) is 30.4. The van der Waals surface area contributed by atoms with Gasteiger partial charge in [0.15, 0.2) is 6.61 Å². The van der Waals surface area contributed by atoms with E-state index < -0.39 is 29.7 Å². The third kappa shape index (κ3) is 8.48. The van der Waals surface area contributed by atoms with Crippen LogP contribution in [0.1, 0.15) is 64.8 Å². The summed E-state index contributed by atoms with van der Waals surface area (Å²) in [6.45, 7) is 2.77. The van der Waals surface area contributed by atoms with Crippen molar-refractivity contribution in [3.05, 3.63) is 82.0 Å². The number of likely N-dealkylation sites (N-methyl/N-ethyl adjacent to an activating group) is 1. The molecule has 4 aliphatic rings. The van der Waals surface area contributed by atoms with Crippen LogP contribution in [0.4, 0.5) is 0 Å². The third-order valence-electron chi connectivity index (χ3n) is 13.0. The second-order valence-corrected chi connectivity index (χ2v) is 16.8. The van der Waals surface area contributed by atoms with Gasteiger partial charge in [-0.2, -0.15) is 0 Å². The fourth-order valence-electron chi connectivity index (χ4n) is 9.57. The topological polar surface area (TPSA) is 190 Å². The van der Waals surface area contributed by atoms with Crippen LogP contribution in [0.25, 0.3) is 21.9 Å². The second-order valence-electron chi connectivity index (χ2n) is 16.8. The van der Waals surface area contributed by atoms with E-state index in [9.17, 15) is 33.6 Å². The minimum absolute atomic E-state index is 0.00772. The van der Waals surface area contributed by atoms with Crippen molar-refractivity contribution in [2.75, 3.05) is 60.6 Å². The smallest absolute Gasteiger partial charge is 0.266 e. The Labute approximate surface area is 363 Å². The Bertz CT molecular complexity index is 2530. The van der Waals surface area contributed by atoms with E-state index >= 15 is 0 Å². The molecule has 2 aromatic heterocycles. The first-order valence-electron chi connectivity index (χ1n) is 21.3. The van der Waals surface area contributed by atoms with Crippen LogP contribution < -0.4 is 25.1 Å². The zero-order valence-electron chi connectivity index (χ0n) is 35.9. The monoisotopic (exact) mass is 861 g/mol. The Morgan fingerprint density at radius 2 is 1.46 bits per heavy atom. The van der Waals surface area contributed by atoms with E-state index in [4.69, 9.17) is 14.2 Å². The van der Waals surface area contributed by atoms with Crippen molar-refractivity contribution in [2.24, 2.45) is 18.9 Å². The lowest BCUT2D eigenvalue weighted by Gasteiger charge is -2.40. The van der Waals surface area contributed by atoms with E-state index in [2.05, 4.69) is 10.3 Å². The summed E-state index contributed by atoms with van der Waals surface area (Å²) < 4.78 is 19.1. The van der Waals surface area contributed by atoms with Gasteiger partial charge in [-0.15, -0.1) is 0 Å². The Kier molecular flexibility index (Phi) is 12.3. The predicted octanol–water partition coefficient (Wildman–Crippen LogP) is 3.01. The fraction of sp³-hybridized carbons (Fsp3) is 0.435. The number of benzene rings is 2. The van der Waals surface area contributed by atoms with Crippen molar-refractivity contribution in [3.63, 3.8) is 0 Å². The fourth-order valence-corrected chi connectivity index (χ4v) is 9.57. The number of aryl methyl sites for hydroxylation is 1. The van der Waals surface area contributed by atoms with Gasteiger partial charge in [0, 0.05) is 70.3 Å². The number of rotatable bonds is 12. The highest BCUT2D eigenvalue weighted by molar-refractivity contribution is 6.24. The maximum Gasteiger partial charge on any atom is 0.266 e. The lowest BCUT2D eigenvalue weighted by molar-refractivity contribution is -0.136. The highest BCUT2D eigenvalue weighted by atomic mass is 16.5. The van der Waals surface area contributed by atoms with Gasteiger partial charge in [-0.1, -0.05) is 6.07 Å². The summed E-state index contributed by atoms with van der Waals surface area (Å²) in [5, 5.41) is 3.48. The Balaban J connectivity index is 0.809. The number of carbonyl (C=O) groups excluding carboxylic acids is 6. The number of fused-ring (bicyclic) bond motifs is 2. The number of nitrogens with one attached hydrogen (secondary N) is 1. The summed E-state index contributed by atoms with van der Waals surface area (Å²) in [6, 6.07) is 9.15. The van der Waals surface area contributed by atoms with E-state index in [0.29, 0.717) is 61.4 Å². The van der Waals surface area contributed by atoms with Crippen LogP contribution >= 0.6 is 0 Å². The van der Waals surface area contributed by atoms with Crippen molar-refractivity contribution in [1.82, 2.24) is 34.5 Å². The van der Waals surface area contributed by atoms with Crippen molar-refractivity contribution in [2.45, 2.75) is 51.1 Å². The van der Waals surface area contributed by atoms with E-state index in [1.54, 1.807) is 50.8 Å². The highest BCUT2D eigenvalue weighted by Crippen LogP contribution is 2.39. The summed E-state index contributed by atoms with van der Waals surface area (Å²) in [7, 11) is 6.81. The molecule has 0 radical (unpaired) electrons.